The van der Waals surface area contributed by atoms with Gasteiger partial charge in [-0.15, -0.1) is 0 Å². The lowest BCUT2D eigenvalue weighted by atomic mass is 9.97. The number of aliphatic hydroxyl groups excluding tert-OH is 1. The number of nitrogens with one attached hydrogen (secondary N) is 1. The van der Waals surface area contributed by atoms with Crippen molar-refractivity contribution in [2.24, 2.45) is 5.92 Å². The summed E-state index contributed by atoms with van der Waals surface area (Å²) in [5.74, 6) is 0.692. The summed E-state index contributed by atoms with van der Waals surface area (Å²) in [7, 11) is 0. The third-order valence-corrected chi connectivity index (χ3v) is 6.21. The summed E-state index contributed by atoms with van der Waals surface area (Å²) in [5.41, 5.74) is 4.05. The summed E-state index contributed by atoms with van der Waals surface area (Å²) in [4.78, 5) is 11.0. The van der Waals surface area contributed by atoms with Gasteiger partial charge in [0.1, 0.15) is 5.75 Å². The first kappa shape index (κ1) is 22.2. The van der Waals surface area contributed by atoms with Gasteiger partial charge in [0.25, 0.3) is 0 Å². The van der Waals surface area contributed by atoms with Crippen LogP contribution in [0.4, 0.5) is 5.69 Å². The maximum atomic E-state index is 11.0. The third-order valence-electron chi connectivity index (χ3n) is 6.21. The van der Waals surface area contributed by atoms with Gasteiger partial charge in [0, 0.05) is 24.2 Å². The average Bonchev–Trinajstić information content (AvgIpc) is 3.33. The number of carboxylic acid groups (broad SMARTS) is 1. The summed E-state index contributed by atoms with van der Waals surface area (Å²) >= 11 is 0. The highest BCUT2D eigenvalue weighted by molar-refractivity contribution is 5.90. The fourth-order valence-corrected chi connectivity index (χ4v) is 4.44. The van der Waals surface area contributed by atoms with Gasteiger partial charge < -0.3 is 20.3 Å². The van der Waals surface area contributed by atoms with Crippen molar-refractivity contribution in [3.8, 4) is 16.9 Å². The summed E-state index contributed by atoms with van der Waals surface area (Å²) in [6.07, 6.45) is 5.65. The van der Waals surface area contributed by atoms with Crippen molar-refractivity contribution in [1.29, 1.82) is 0 Å². The molecule has 3 aromatic carbocycles. The molecule has 5 heteroatoms. The van der Waals surface area contributed by atoms with Crippen LogP contribution in [-0.4, -0.2) is 35.9 Å². The molecule has 0 unspecified atom stereocenters. The number of carboxylic acids is 1. The third kappa shape index (κ3) is 5.60. The normalized spacial score (nSPS) is 14.0. The summed E-state index contributed by atoms with van der Waals surface area (Å²) in [6.45, 7) is 1.35. The SMILES string of the molecule is O=C(O)CCc1ccc(OCC2CCCC2)c(-c2ccc3cc(NCCO)ccc3c2)c1. The van der Waals surface area contributed by atoms with Crippen molar-refractivity contribution >= 4 is 22.4 Å². The van der Waals surface area contributed by atoms with E-state index >= 15 is 0 Å². The zero-order chi connectivity index (χ0) is 22.3. The maximum Gasteiger partial charge on any atom is 0.303 e. The first-order valence-corrected chi connectivity index (χ1v) is 11.5. The van der Waals surface area contributed by atoms with Crippen LogP contribution in [0.25, 0.3) is 21.9 Å². The van der Waals surface area contributed by atoms with Crippen LogP contribution < -0.4 is 10.1 Å². The molecule has 168 valence electrons. The van der Waals surface area contributed by atoms with E-state index in [9.17, 15) is 4.79 Å². The lowest BCUT2D eigenvalue weighted by molar-refractivity contribution is -0.136. The van der Waals surface area contributed by atoms with E-state index in [0.29, 0.717) is 18.9 Å². The molecule has 0 bridgehead atoms. The molecule has 0 radical (unpaired) electrons. The van der Waals surface area contributed by atoms with Gasteiger partial charge in [-0.25, -0.2) is 0 Å². The van der Waals surface area contributed by atoms with Gasteiger partial charge in [-0.2, -0.15) is 0 Å². The van der Waals surface area contributed by atoms with Gasteiger partial charge in [0.15, 0.2) is 0 Å². The fraction of sp³-hybridized carbons (Fsp3) is 0.370. The van der Waals surface area contributed by atoms with Crippen molar-refractivity contribution in [1.82, 2.24) is 0 Å². The Kier molecular flexibility index (Phi) is 7.28. The molecule has 0 atom stereocenters. The molecule has 0 spiro atoms. The van der Waals surface area contributed by atoms with E-state index in [2.05, 4.69) is 41.7 Å². The number of anilines is 1. The minimum absolute atomic E-state index is 0.0961. The van der Waals surface area contributed by atoms with Crippen LogP contribution >= 0.6 is 0 Å². The van der Waals surface area contributed by atoms with E-state index in [4.69, 9.17) is 14.9 Å². The molecule has 3 aromatic rings. The summed E-state index contributed by atoms with van der Waals surface area (Å²) < 4.78 is 6.28. The fourth-order valence-electron chi connectivity index (χ4n) is 4.44. The molecule has 3 N–H and O–H groups in total. The van der Waals surface area contributed by atoms with Crippen LogP contribution in [0.15, 0.2) is 54.6 Å². The van der Waals surface area contributed by atoms with Crippen molar-refractivity contribution < 1.29 is 19.7 Å². The van der Waals surface area contributed by atoms with E-state index in [-0.39, 0.29) is 13.0 Å². The van der Waals surface area contributed by atoms with Crippen LogP contribution in [0, 0.1) is 5.92 Å². The number of aliphatic carboxylic acids is 1. The van der Waals surface area contributed by atoms with Gasteiger partial charge in [-0.1, -0.05) is 37.1 Å². The molecule has 32 heavy (non-hydrogen) atoms. The highest BCUT2D eigenvalue weighted by Gasteiger charge is 2.17. The average molecular weight is 434 g/mol. The molecule has 0 heterocycles. The lowest BCUT2D eigenvalue weighted by Gasteiger charge is -2.17. The Balaban J connectivity index is 1.63. The Hall–Kier alpha value is -3.05. The summed E-state index contributed by atoms with van der Waals surface area (Å²) in [6, 6.07) is 18.6. The van der Waals surface area contributed by atoms with Crippen LogP contribution in [0.3, 0.4) is 0 Å². The molecule has 1 fully saturated rings. The highest BCUT2D eigenvalue weighted by atomic mass is 16.5. The van der Waals surface area contributed by atoms with Crippen LogP contribution in [0.1, 0.15) is 37.7 Å². The zero-order valence-electron chi connectivity index (χ0n) is 18.3. The molecule has 1 aliphatic carbocycles. The van der Waals surface area contributed by atoms with Gasteiger partial charge in [-0.05, 0) is 77.4 Å². The largest absolute Gasteiger partial charge is 0.493 e. The van der Waals surface area contributed by atoms with Gasteiger partial charge in [-0.3, -0.25) is 4.79 Å². The second-order valence-electron chi connectivity index (χ2n) is 8.61. The number of fused-ring (bicyclic) bond motifs is 1. The smallest absolute Gasteiger partial charge is 0.303 e. The van der Waals surface area contributed by atoms with E-state index in [1.54, 1.807) is 0 Å². The Morgan fingerprint density at radius 2 is 1.78 bits per heavy atom. The Morgan fingerprint density at radius 1 is 1.00 bits per heavy atom. The number of aryl methyl sites for hydroxylation is 1. The van der Waals surface area contributed by atoms with Crippen LogP contribution in [0.2, 0.25) is 0 Å². The van der Waals surface area contributed by atoms with Crippen molar-refractivity contribution in [2.75, 3.05) is 25.1 Å². The van der Waals surface area contributed by atoms with Gasteiger partial charge >= 0.3 is 5.97 Å². The van der Waals surface area contributed by atoms with Crippen molar-refractivity contribution in [3.63, 3.8) is 0 Å². The predicted octanol–water partition coefficient (Wildman–Crippen LogP) is 5.50. The summed E-state index contributed by atoms with van der Waals surface area (Å²) in [5, 5.41) is 23.5. The van der Waals surface area contributed by atoms with Gasteiger partial charge in [0.05, 0.1) is 13.2 Å². The first-order chi connectivity index (χ1) is 15.6. The number of ether oxygens (including phenoxy) is 1. The Labute approximate surface area is 189 Å². The topological polar surface area (TPSA) is 78.8 Å². The van der Waals surface area contributed by atoms with Crippen molar-refractivity contribution in [3.05, 3.63) is 60.2 Å². The van der Waals surface area contributed by atoms with E-state index in [1.807, 2.05) is 18.2 Å². The molecule has 1 saturated carbocycles. The van der Waals surface area contributed by atoms with Crippen molar-refractivity contribution in [2.45, 2.75) is 38.5 Å². The quantitative estimate of drug-likeness (QED) is 0.394. The Bertz CT molecular complexity index is 1070. The number of aliphatic hydroxyl groups is 1. The minimum atomic E-state index is -0.788. The molecule has 0 aliphatic heterocycles. The maximum absolute atomic E-state index is 11.0. The van der Waals surface area contributed by atoms with E-state index in [1.165, 1.54) is 25.7 Å². The molecule has 4 rings (SSSR count). The molecular weight excluding hydrogens is 402 g/mol. The molecular formula is C27H31NO4. The molecule has 0 aromatic heterocycles. The molecule has 1 aliphatic rings. The van der Waals surface area contributed by atoms with Gasteiger partial charge in [0.2, 0.25) is 0 Å². The lowest BCUT2D eigenvalue weighted by Crippen LogP contribution is -2.09. The zero-order valence-corrected chi connectivity index (χ0v) is 18.3. The number of hydrogen-bond acceptors (Lipinski definition) is 4. The number of benzene rings is 3. The molecule has 5 nitrogen and oxygen atoms in total. The van der Waals surface area contributed by atoms with E-state index < -0.39 is 5.97 Å². The molecule has 0 amide bonds. The standard InChI is InChI=1S/C27H31NO4/c29-14-13-28-24-10-9-21-16-23(8-7-22(21)17-24)25-15-19(6-12-27(30)31)5-11-26(25)32-18-20-3-1-2-4-20/h5,7-11,15-17,20,28-29H,1-4,6,12-14,18H2,(H,30,31). The van der Waals surface area contributed by atoms with E-state index in [0.717, 1.165) is 45.5 Å². The first-order valence-electron chi connectivity index (χ1n) is 11.5. The number of rotatable bonds is 10. The van der Waals surface area contributed by atoms with Crippen LogP contribution in [0.5, 0.6) is 5.75 Å². The second kappa shape index (κ2) is 10.5. The molecule has 0 saturated heterocycles. The number of carbonyl (C=O) groups is 1. The highest BCUT2D eigenvalue weighted by Crippen LogP contribution is 2.35. The van der Waals surface area contributed by atoms with Crippen LogP contribution in [-0.2, 0) is 11.2 Å². The Morgan fingerprint density at radius 3 is 2.56 bits per heavy atom. The monoisotopic (exact) mass is 433 g/mol. The number of hydrogen-bond donors (Lipinski definition) is 3. The second-order valence-corrected chi connectivity index (χ2v) is 8.61. The predicted molar refractivity (Wildman–Crippen MR) is 128 cm³/mol. The minimum Gasteiger partial charge on any atom is -0.493 e.